The highest BCUT2D eigenvalue weighted by Gasteiger charge is 2.23. The van der Waals surface area contributed by atoms with Crippen molar-refractivity contribution in [2.45, 2.75) is 0 Å². The molecule has 0 atom stereocenters. The van der Waals surface area contributed by atoms with Gasteiger partial charge in [0, 0.05) is 21.8 Å². The van der Waals surface area contributed by atoms with Crippen molar-refractivity contribution in [3.05, 3.63) is 142 Å². The molecule has 0 aliphatic carbocycles. The van der Waals surface area contributed by atoms with Gasteiger partial charge in [-0.25, -0.2) is 14.9 Å². The number of halogens is 1. The van der Waals surface area contributed by atoms with Crippen LogP contribution in [-0.4, -0.2) is 21.5 Å². The molecule has 0 saturated carbocycles. The van der Waals surface area contributed by atoms with Gasteiger partial charge in [0.2, 0.25) is 0 Å². The van der Waals surface area contributed by atoms with E-state index < -0.39 is 6.03 Å². The molecule has 2 amide bonds. The Morgan fingerprint density at radius 2 is 1.46 bits per heavy atom. The van der Waals surface area contributed by atoms with E-state index in [2.05, 4.69) is 20.9 Å². The monoisotopic (exact) mass is 507 g/mol. The zero-order valence-electron chi connectivity index (χ0n) is 19.6. The number of anilines is 1. The van der Waals surface area contributed by atoms with E-state index in [1.807, 2.05) is 78.9 Å². The highest BCUT2D eigenvalue weighted by atomic mass is 35.5. The number of urea groups is 1. The van der Waals surface area contributed by atoms with Crippen molar-refractivity contribution in [2.24, 2.45) is 5.10 Å². The molecule has 0 spiro atoms. The van der Waals surface area contributed by atoms with Gasteiger partial charge in [0.05, 0.1) is 16.9 Å². The first-order chi connectivity index (χ1) is 18.1. The molecule has 8 heteroatoms. The molecule has 7 nitrogen and oxygen atoms in total. The molecule has 1 heterocycles. The molecule has 0 aliphatic rings. The Labute approximate surface area is 218 Å². The van der Waals surface area contributed by atoms with E-state index in [1.165, 1.54) is 4.68 Å². The summed E-state index contributed by atoms with van der Waals surface area (Å²) >= 11 is 6.30. The smallest absolute Gasteiger partial charge is 0.307 e. The molecule has 5 aromatic rings. The number of hydrazone groups is 1. The van der Waals surface area contributed by atoms with Crippen LogP contribution in [0.4, 0.5) is 10.5 Å². The molecule has 0 saturated heterocycles. The first kappa shape index (κ1) is 23.8. The second kappa shape index (κ2) is 10.8. The van der Waals surface area contributed by atoms with Gasteiger partial charge >= 0.3 is 6.03 Å². The third-order valence-electron chi connectivity index (χ3n) is 5.60. The minimum Gasteiger partial charge on any atom is -0.307 e. The molecule has 0 radical (unpaired) electrons. The highest BCUT2D eigenvalue weighted by Crippen LogP contribution is 2.24. The molecule has 182 valence electrons. The third kappa shape index (κ3) is 5.37. The lowest BCUT2D eigenvalue weighted by atomic mass is 9.99. The van der Waals surface area contributed by atoms with Crippen LogP contribution in [0.15, 0.2) is 125 Å². The van der Waals surface area contributed by atoms with Crippen molar-refractivity contribution >= 4 is 29.0 Å². The van der Waals surface area contributed by atoms with E-state index >= 15 is 0 Å². The number of amides is 2. The summed E-state index contributed by atoms with van der Waals surface area (Å²) in [6, 6.07) is 34.2. The van der Waals surface area contributed by atoms with Gasteiger partial charge in [-0.05, 0) is 36.4 Å². The summed E-state index contributed by atoms with van der Waals surface area (Å²) < 4.78 is 1.46. The molecule has 5 rings (SSSR count). The lowest BCUT2D eigenvalue weighted by Gasteiger charge is -2.09. The summed E-state index contributed by atoms with van der Waals surface area (Å²) in [7, 11) is 0. The SMILES string of the molecule is O=C(N/N=C(\c1cccc(Cl)c1)c1c(-c2ccccc2)[nH]n(-c2ccccc2)c1=O)Nc1ccccc1. The maximum atomic E-state index is 13.9. The molecular formula is C29H22ClN5O2. The normalized spacial score (nSPS) is 11.2. The summed E-state index contributed by atoms with van der Waals surface area (Å²) in [6.07, 6.45) is 0. The number of carbonyl (C=O) groups is 1. The molecular weight excluding hydrogens is 486 g/mol. The standard InChI is InChI=1S/C29H22ClN5O2/c30-22-14-10-13-21(19-22)26(32-33-29(37)31-23-15-6-2-7-16-23)25-27(20-11-4-1-5-12-20)34-35(28(25)36)24-17-8-3-9-18-24/h1-19,34H,(H2,31,33,37)/b32-26+. The number of nitrogens with one attached hydrogen (secondary N) is 3. The minimum atomic E-state index is -0.550. The maximum Gasteiger partial charge on any atom is 0.339 e. The van der Waals surface area contributed by atoms with Crippen LogP contribution < -0.4 is 16.3 Å². The quantitative estimate of drug-likeness (QED) is 0.192. The second-order valence-corrected chi connectivity index (χ2v) is 8.54. The van der Waals surface area contributed by atoms with Crippen molar-refractivity contribution < 1.29 is 4.79 Å². The van der Waals surface area contributed by atoms with E-state index in [1.54, 1.807) is 36.4 Å². The van der Waals surface area contributed by atoms with E-state index in [4.69, 9.17) is 11.6 Å². The Kier molecular flexibility index (Phi) is 6.96. The molecule has 3 N–H and O–H groups in total. The second-order valence-electron chi connectivity index (χ2n) is 8.11. The number of aromatic nitrogens is 2. The number of benzene rings is 4. The number of rotatable bonds is 6. The van der Waals surface area contributed by atoms with Gasteiger partial charge < -0.3 is 5.32 Å². The number of hydrogen-bond donors (Lipinski definition) is 3. The largest absolute Gasteiger partial charge is 0.339 e. The third-order valence-corrected chi connectivity index (χ3v) is 5.84. The molecule has 4 aromatic carbocycles. The average Bonchev–Trinajstić information content (AvgIpc) is 3.27. The number of hydrogen-bond acceptors (Lipinski definition) is 3. The predicted octanol–water partition coefficient (Wildman–Crippen LogP) is 6.06. The number of nitrogens with zero attached hydrogens (tertiary/aromatic N) is 2. The van der Waals surface area contributed by atoms with E-state index in [9.17, 15) is 9.59 Å². The van der Waals surface area contributed by atoms with Crippen LogP contribution in [0.3, 0.4) is 0 Å². The summed E-state index contributed by atoms with van der Waals surface area (Å²) in [5.74, 6) is 0. The van der Waals surface area contributed by atoms with Gasteiger partial charge in [0.25, 0.3) is 5.56 Å². The minimum absolute atomic E-state index is 0.264. The van der Waals surface area contributed by atoms with Crippen LogP contribution in [-0.2, 0) is 0 Å². The predicted molar refractivity (Wildman–Crippen MR) is 148 cm³/mol. The average molecular weight is 508 g/mol. The van der Waals surface area contributed by atoms with Gasteiger partial charge in [-0.3, -0.25) is 9.89 Å². The first-order valence-electron chi connectivity index (χ1n) is 11.5. The van der Waals surface area contributed by atoms with Crippen LogP contribution in [0.1, 0.15) is 11.1 Å². The zero-order valence-corrected chi connectivity index (χ0v) is 20.3. The van der Waals surface area contributed by atoms with Gasteiger partial charge in [0.1, 0.15) is 5.71 Å². The van der Waals surface area contributed by atoms with E-state index in [0.717, 1.165) is 5.56 Å². The maximum absolute atomic E-state index is 13.9. The molecule has 1 aromatic heterocycles. The van der Waals surface area contributed by atoms with Crippen molar-refractivity contribution in [3.8, 4) is 16.9 Å². The van der Waals surface area contributed by atoms with E-state index in [-0.39, 0.29) is 16.8 Å². The zero-order chi connectivity index (χ0) is 25.6. The topological polar surface area (TPSA) is 91.3 Å². The lowest BCUT2D eigenvalue weighted by Crippen LogP contribution is -2.28. The molecule has 0 unspecified atom stereocenters. The number of aromatic amines is 1. The van der Waals surface area contributed by atoms with Crippen molar-refractivity contribution in [2.75, 3.05) is 5.32 Å². The van der Waals surface area contributed by atoms with Crippen LogP contribution in [0.2, 0.25) is 5.02 Å². The van der Waals surface area contributed by atoms with E-state index in [0.29, 0.717) is 27.7 Å². The van der Waals surface area contributed by atoms with Gasteiger partial charge in [0.15, 0.2) is 0 Å². The summed E-state index contributed by atoms with van der Waals surface area (Å²) in [4.78, 5) is 26.6. The Bertz CT molecular complexity index is 1610. The number of para-hydroxylation sites is 2. The Balaban J connectivity index is 1.66. The van der Waals surface area contributed by atoms with Crippen molar-refractivity contribution in [1.29, 1.82) is 0 Å². The van der Waals surface area contributed by atoms with Crippen LogP contribution in [0.25, 0.3) is 16.9 Å². The van der Waals surface area contributed by atoms with Gasteiger partial charge in [-0.15, -0.1) is 0 Å². The summed E-state index contributed by atoms with van der Waals surface area (Å²) in [5, 5.41) is 10.9. The van der Waals surface area contributed by atoms with Gasteiger partial charge in [-0.2, -0.15) is 5.10 Å². The van der Waals surface area contributed by atoms with Gasteiger partial charge in [-0.1, -0.05) is 90.5 Å². The Morgan fingerprint density at radius 3 is 2.14 bits per heavy atom. The van der Waals surface area contributed by atoms with Crippen molar-refractivity contribution in [1.82, 2.24) is 15.2 Å². The summed E-state index contributed by atoms with van der Waals surface area (Å²) in [6.45, 7) is 0. The fraction of sp³-hybridized carbons (Fsp3) is 0. The number of H-pyrrole nitrogens is 1. The fourth-order valence-corrected chi connectivity index (χ4v) is 4.11. The van der Waals surface area contributed by atoms with Crippen LogP contribution >= 0.6 is 11.6 Å². The molecule has 0 aliphatic heterocycles. The Morgan fingerprint density at radius 1 is 0.811 bits per heavy atom. The molecule has 0 fully saturated rings. The summed E-state index contributed by atoms with van der Waals surface area (Å²) in [5.41, 5.74) is 5.95. The first-order valence-corrected chi connectivity index (χ1v) is 11.9. The van der Waals surface area contributed by atoms with Crippen molar-refractivity contribution in [3.63, 3.8) is 0 Å². The van der Waals surface area contributed by atoms with Crippen LogP contribution in [0, 0.1) is 0 Å². The molecule has 37 heavy (non-hydrogen) atoms. The molecule has 0 bridgehead atoms. The fourth-order valence-electron chi connectivity index (χ4n) is 3.92. The van der Waals surface area contributed by atoms with Crippen LogP contribution in [0.5, 0.6) is 0 Å². The lowest BCUT2D eigenvalue weighted by molar-refractivity contribution is 0.252. The Hall–Kier alpha value is -4.88. The number of carbonyl (C=O) groups excluding carboxylic acids is 1. The highest BCUT2D eigenvalue weighted by molar-refractivity contribution is 6.31.